The zero-order valence-electron chi connectivity index (χ0n) is 16.0. The van der Waals surface area contributed by atoms with Crippen molar-refractivity contribution in [1.82, 2.24) is 5.43 Å². The van der Waals surface area contributed by atoms with E-state index in [9.17, 15) is 9.59 Å². The van der Waals surface area contributed by atoms with Gasteiger partial charge in [-0.15, -0.1) is 11.8 Å². The maximum atomic E-state index is 12.1. The molecule has 2 atom stereocenters. The average Bonchev–Trinajstić information content (AvgIpc) is 2.95. The summed E-state index contributed by atoms with van der Waals surface area (Å²) in [4.78, 5) is 24.0. The standard InChI is InChI=1S/C20H26ClN3O2S/c1-19(2)13-8-9-20(19,3)16(10-13)23-24-18(26)12-27-11-17(25)22-15-6-4-14(21)5-7-15/h4-7,13H,8-12H2,1-3H3,(H,22,25)(H,24,26)/b23-16+/t13-,20+/m1/s1. The number of thioether (sulfide) groups is 1. The number of hydrogen-bond acceptors (Lipinski definition) is 4. The van der Waals surface area contributed by atoms with Crippen LogP contribution in [0.25, 0.3) is 0 Å². The van der Waals surface area contributed by atoms with Crippen LogP contribution in [0, 0.1) is 16.7 Å². The van der Waals surface area contributed by atoms with Crippen LogP contribution in [0.15, 0.2) is 29.4 Å². The first-order valence-electron chi connectivity index (χ1n) is 9.21. The van der Waals surface area contributed by atoms with Crippen LogP contribution in [-0.2, 0) is 9.59 Å². The predicted molar refractivity (Wildman–Crippen MR) is 112 cm³/mol. The Bertz CT molecular complexity index is 763. The first-order valence-corrected chi connectivity index (χ1v) is 10.7. The lowest BCUT2D eigenvalue weighted by atomic mass is 9.70. The van der Waals surface area contributed by atoms with E-state index in [4.69, 9.17) is 11.6 Å². The van der Waals surface area contributed by atoms with Crippen molar-refractivity contribution in [2.75, 3.05) is 16.8 Å². The van der Waals surface area contributed by atoms with Crippen molar-refractivity contribution in [3.8, 4) is 0 Å². The van der Waals surface area contributed by atoms with Gasteiger partial charge in [-0.05, 0) is 54.9 Å². The van der Waals surface area contributed by atoms with Crippen molar-refractivity contribution in [1.29, 1.82) is 0 Å². The minimum Gasteiger partial charge on any atom is -0.325 e. The highest BCUT2D eigenvalue weighted by Gasteiger charge is 2.59. The van der Waals surface area contributed by atoms with Crippen LogP contribution in [0.1, 0.15) is 40.0 Å². The van der Waals surface area contributed by atoms with Crippen molar-refractivity contribution in [2.24, 2.45) is 21.8 Å². The van der Waals surface area contributed by atoms with Crippen molar-refractivity contribution in [2.45, 2.75) is 40.0 Å². The molecule has 0 aliphatic heterocycles. The van der Waals surface area contributed by atoms with Crippen LogP contribution in [-0.4, -0.2) is 29.0 Å². The van der Waals surface area contributed by atoms with Crippen molar-refractivity contribution in [3.05, 3.63) is 29.3 Å². The molecular formula is C20H26ClN3O2S. The number of amides is 2. The van der Waals surface area contributed by atoms with Crippen molar-refractivity contribution < 1.29 is 9.59 Å². The Labute approximate surface area is 169 Å². The third kappa shape index (κ3) is 4.16. The molecule has 2 aliphatic rings. The number of benzene rings is 1. The molecule has 0 spiro atoms. The van der Waals surface area contributed by atoms with Crippen LogP contribution >= 0.6 is 23.4 Å². The molecule has 1 aromatic carbocycles. The Kier molecular flexibility index (Phi) is 5.87. The van der Waals surface area contributed by atoms with E-state index in [1.54, 1.807) is 24.3 Å². The van der Waals surface area contributed by atoms with Gasteiger partial charge in [0.1, 0.15) is 0 Å². The molecule has 0 aromatic heterocycles. The molecule has 0 radical (unpaired) electrons. The summed E-state index contributed by atoms with van der Waals surface area (Å²) >= 11 is 7.09. The Balaban J connectivity index is 1.41. The topological polar surface area (TPSA) is 70.6 Å². The van der Waals surface area contributed by atoms with Crippen LogP contribution in [0.3, 0.4) is 0 Å². The molecule has 2 aliphatic carbocycles. The molecule has 3 rings (SSSR count). The molecule has 0 heterocycles. The summed E-state index contributed by atoms with van der Waals surface area (Å²) in [6.07, 6.45) is 3.36. The number of hydrazone groups is 1. The van der Waals surface area contributed by atoms with Crippen molar-refractivity contribution >= 4 is 46.6 Å². The van der Waals surface area contributed by atoms with Crippen LogP contribution < -0.4 is 10.7 Å². The van der Waals surface area contributed by atoms with Crippen LogP contribution in [0.2, 0.25) is 5.02 Å². The average molecular weight is 408 g/mol. The van der Waals surface area contributed by atoms with Gasteiger partial charge >= 0.3 is 0 Å². The van der Waals surface area contributed by atoms with E-state index < -0.39 is 0 Å². The Hall–Kier alpha value is -1.53. The number of anilines is 1. The maximum Gasteiger partial charge on any atom is 0.250 e. The second kappa shape index (κ2) is 7.84. The fourth-order valence-electron chi connectivity index (χ4n) is 4.23. The molecule has 0 unspecified atom stereocenters. The van der Waals surface area contributed by atoms with Gasteiger partial charge in [0.2, 0.25) is 11.8 Å². The van der Waals surface area contributed by atoms with E-state index in [0.29, 0.717) is 16.6 Å². The van der Waals surface area contributed by atoms with E-state index in [1.807, 2.05) is 0 Å². The number of nitrogens with one attached hydrogen (secondary N) is 2. The molecule has 146 valence electrons. The lowest BCUT2D eigenvalue weighted by molar-refractivity contribution is -0.118. The molecule has 5 nitrogen and oxygen atoms in total. The van der Waals surface area contributed by atoms with Gasteiger partial charge in [-0.25, -0.2) is 5.43 Å². The maximum absolute atomic E-state index is 12.1. The highest BCUT2D eigenvalue weighted by Crippen LogP contribution is 2.63. The summed E-state index contributed by atoms with van der Waals surface area (Å²) in [5.74, 6) is 0.747. The molecule has 2 fully saturated rings. The van der Waals surface area contributed by atoms with Gasteiger partial charge in [0.05, 0.1) is 11.5 Å². The van der Waals surface area contributed by atoms with Gasteiger partial charge in [-0.1, -0.05) is 32.4 Å². The minimum absolute atomic E-state index is 0.0799. The summed E-state index contributed by atoms with van der Waals surface area (Å²) in [5, 5.41) is 7.83. The van der Waals surface area contributed by atoms with Gasteiger partial charge in [0, 0.05) is 21.8 Å². The van der Waals surface area contributed by atoms with Gasteiger partial charge in [-0.3, -0.25) is 9.59 Å². The fourth-order valence-corrected chi connectivity index (χ4v) is 4.96. The lowest BCUT2D eigenvalue weighted by Crippen LogP contribution is -2.34. The SMILES string of the molecule is CC1(C)[C@@H]2CC[C@@]1(C)/C(=N/NC(=O)CSCC(=O)Nc1ccc(Cl)cc1)C2. The summed E-state index contributed by atoms with van der Waals surface area (Å²) in [6, 6.07) is 6.92. The zero-order chi connectivity index (χ0) is 19.7. The van der Waals surface area contributed by atoms with E-state index >= 15 is 0 Å². The molecule has 2 N–H and O–H groups in total. The van der Waals surface area contributed by atoms with Gasteiger partial charge < -0.3 is 5.32 Å². The highest BCUT2D eigenvalue weighted by molar-refractivity contribution is 8.00. The van der Waals surface area contributed by atoms with Crippen LogP contribution in [0.5, 0.6) is 0 Å². The third-order valence-electron chi connectivity index (χ3n) is 6.42. The Morgan fingerprint density at radius 1 is 1.19 bits per heavy atom. The molecule has 0 saturated heterocycles. The largest absolute Gasteiger partial charge is 0.325 e. The number of carbonyl (C=O) groups is 2. The Morgan fingerprint density at radius 3 is 2.44 bits per heavy atom. The number of carbonyl (C=O) groups excluding carboxylic acids is 2. The van der Waals surface area contributed by atoms with E-state index in [-0.39, 0.29) is 34.2 Å². The molecule has 27 heavy (non-hydrogen) atoms. The molecule has 1 aromatic rings. The summed E-state index contributed by atoms with van der Waals surface area (Å²) in [6.45, 7) is 6.88. The summed E-state index contributed by atoms with van der Waals surface area (Å²) in [5.41, 5.74) is 4.81. The number of hydrogen-bond donors (Lipinski definition) is 2. The highest BCUT2D eigenvalue weighted by atomic mass is 35.5. The summed E-state index contributed by atoms with van der Waals surface area (Å²) < 4.78 is 0. The number of nitrogens with zero attached hydrogens (tertiary/aromatic N) is 1. The normalized spacial score (nSPS) is 27.0. The third-order valence-corrected chi connectivity index (χ3v) is 7.61. The van der Waals surface area contributed by atoms with Crippen LogP contribution in [0.4, 0.5) is 5.69 Å². The monoisotopic (exact) mass is 407 g/mol. The molecule has 2 amide bonds. The lowest BCUT2D eigenvalue weighted by Gasteiger charge is -2.34. The summed E-state index contributed by atoms with van der Waals surface area (Å²) in [7, 11) is 0. The number of fused-ring (bicyclic) bond motifs is 2. The number of halogens is 1. The molecule has 2 bridgehead atoms. The van der Waals surface area contributed by atoms with E-state index in [1.165, 1.54) is 18.2 Å². The second-order valence-corrected chi connectivity index (χ2v) is 9.56. The molecule has 7 heteroatoms. The molecular weight excluding hydrogens is 382 g/mol. The smallest absolute Gasteiger partial charge is 0.250 e. The van der Waals surface area contributed by atoms with E-state index in [2.05, 4.69) is 36.6 Å². The molecule has 2 saturated carbocycles. The van der Waals surface area contributed by atoms with E-state index in [0.717, 1.165) is 18.6 Å². The fraction of sp³-hybridized carbons (Fsp3) is 0.550. The first-order chi connectivity index (χ1) is 12.7. The quantitative estimate of drug-likeness (QED) is 0.689. The second-order valence-electron chi connectivity index (χ2n) is 8.13. The first kappa shape index (κ1) is 20.2. The van der Waals surface area contributed by atoms with Gasteiger partial charge in [0.25, 0.3) is 0 Å². The van der Waals surface area contributed by atoms with Crippen molar-refractivity contribution in [3.63, 3.8) is 0 Å². The van der Waals surface area contributed by atoms with Gasteiger partial charge in [0.15, 0.2) is 0 Å². The number of rotatable bonds is 6. The predicted octanol–water partition coefficient (Wildman–Crippen LogP) is 4.33. The van der Waals surface area contributed by atoms with Gasteiger partial charge in [-0.2, -0.15) is 5.10 Å². The Morgan fingerprint density at radius 2 is 1.85 bits per heavy atom. The minimum atomic E-state index is -0.170. The zero-order valence-corrected chi connectivity index (χ0v) is 17.5.